The molecule has 2 rings (SSSR count). The van der Waals surface area contributed by atoms with Crippen molar-refractivity contribution in [2.75, 3.05) is 6.54 Å². The summed E-state index contributed by atoms with van der Waals surface area (Å²) in [5, 5.41) is 15.3. The molecule has 12 heavy (non-hydrogen) atoms. The Kier molecular flexibility index (Phi) is 2.03. The lowest BCUT2D eigenvalue weighted by molar-refractivity contribution is 0.396. The van der Waals surface area contributed by atoms with Crippen LogP contribution in [0, 0.1) is 0 Å². The Labute approximate surface area is 71.1 Å². The second-order valence-electron chi connectivity index (χ2n) is 3.14. The summed E-state index contributed by atoms with van der Waals surface area (Å²) >= 11 is 0. The van der Waals surface area contributed by atoms with Crippen LogP contribution in [0.1, 0.15) is 31.1 Å². The number of nitrogens with one attached hydrogen (secondary N) is 1. The third kappa shape index (κ3) is 1.45. The normalized spacial score (nSPS) is 24.2. The minimum absolute atomic E-state index is 0.326. The molecule has 0 saturated carbocycles. The standard InChI is InChI=1S/C7H13N5/c1-12-10-7(9-11-12)6-4-2-3-5-8-6/h6,8H,2-5H2,1H3. The lowest BCUT2D eigenvalue weighted by Gasteiger charge is -2.19. The van der Waals surface area contributed by atoms with E-state index in [1.807, 2.05) is 0 Å². The Morgan fingerprint density at radius 1 is 1.50 bits per heavy atom. The number of tetrazole rings is 1. The lowest BCUT2D eigenvalue weighted by atomic mass is 10.1. The molecule has 66 valence electrons. The van der Waals surface area contributed by atoms with Crippen molar-refractivity contribution in [2.45, 2.75) is 25.3 Å². The van der Waals surface area contributed by atoms with Crippen molar-refractivity contribution >= 4 is 0 Å². The molecule has 2 heterocycles. The predicted molar refractivity (Wildman–Crippen MR) is 43.4 cm³/mol. The average Bonchev–Trinajstić information content (AvgIpc) is 2.54. The van der Waals surface area contributed by atoms with Crippen molar-refractivity contribution in [3.63, 3.8) is 0 Å². The molecule has 1 aliphatic heterocycles. The van der Waals surface area contributed by atoms with Gasteiger partial charge in [0.1, 0.15) is 0 Å². The number of aromatic nitrogens is 4. The number of hydrogen-bond donors (Lipinski definition) is 1. The van der Waals surface area contributed by atoms with Crippen molar-refractivity contribution in [2.24, 2.45) is 7.05 Å². The van der Waals surface area contributed by atoms with Gasteiger partial charge in [0.05, 0.1) is 13.1 Å². The van der Waals surface area contributed by atoms with Gasteiger partial charge in [-0.1, -0.05) is 6.42 Å². The minimum Gasteiger partial charge on any atom is -0.307 e. The summed E-state index contributed by atoms with van der Waals surface area (Å²) in [6.07, 6.45) is 3.65. The van der Waals surface area contributed by atoms with Crippen LogP contribution in [0.5, 0.6) is 0 Å². The summed E-state index contributed by atoms with van der Waals surface area (Å²) in [6.45, 7) is 1.07. The Bertz CT molecular complexity index is 250. The highest BCUT2D eigenvalue weighted by atomic mass is 15.6. The molecule has 1 saturated heterocycles. The molecule has 1 unspecified atom stereocenters. The van der Waals surface area contributed by atoms with Gasteiger partial charge in [-0.05, 0) is 24.6 Å². The predicted octanol–water partition coefficient (Wildman–Crippen LogP) is 0.0247. The fourth-order valence-corrected chi connectivity index (χ4v) is 1.51. The fraction of sp³-hybridized carbons (Fsp3) is 0.857. The molecule has 5 nitrogen and oxygen atoms in total. The molecule has 0 aliphatic carbocycles. The summed E-state index contributed by atoms with van der Waals surface area (Å²) in [4.78, 5) is 1.51. The molecule has 1 aromatic heterocycles. The number of hydrogen-bond acceptors (Lipinski definition) is 4. The largest absolute Gasteiger partial charge is 0.307 e. The van der Waals surface area contributed by atoms with E-state index < -0.39 is 0 Å². The van der Waals surface area contributed by atoms with Gasteiger partial charge in [0.25, 0.3) is 0 Å². The van der Waals surface area contributed by atoms with Crippen LogP contribution in [-0.2, 0) is 7.05 Å². The second kappa shape index (κ2) is 3.18. The Morgan fingerprint density at radius 3 is 3.00 bits per heavy atom. The summed E-state index contributed by atoms with van der Waals surface area (Å²) in [6, 6.07) is 0.326. The monoisotopic (exact) mass is 167 g/mol. The van der Waals surface area contributed by atoms with Crippen molar-refractivity contribution in [1.82, 2.24) is 25.5 Å². The molecule has 1 fully saturated rings. The van der Waals surface area contributed by atoms with E-state index in [4.69, 9.17) is 0 Å². The van der Waals surface area contributed by atoms with Gasteiger partial charge in [-0.15, -0.1) is 10.2 Å². The highest BCUT2D eigenvalue weighted by molar-refractivity contribution is 4.90. The number of nitrogens with zero attached hydrogens (tertiary/aromatic N) is 4. The molecular formula is C7H13N5. The van der Waals surface area contributed by atoms with Gasteiger partial charge < -0.3 is 5.32 Å². The Hall–Kier alpha value is -0.970. The van der Waals surface area contributed by atoms with Gasteiger partial charge in [-0.2, -0.15) is 4.80 Å². The highest BCUT2D eigenvalue weighted by Gasteiger charge is 2.18. The van der Waals surface area contributed by atoms with Crippen LogP contribution >= 0.6 is 0 Å². The third-order valence-corrected chi connectivity index (χ3v) is 2.15. The molecule has 5 heteroatoms. The molecule has 0 radical (unpaired) electrons. The molecule has 0 aromatic carbocycles. The van der Waals surface area contributed by atoms with E-state index in [1.165, 1.54) is 17.6 Å². The molecular weight excluding hydrogens is 154 g/mol. The van der Waals surface area contributed by atoms with Gasteiger partial charge in [0, 0.05) is 0 Å². The summed E-state index contributed by atoms with van der Waals surface area (Å²) < 4.78 is 0. The van der Waals surface area contributed by atoms with E-state index in [1.54, 1.807) is 7.05 Å². The third-order valence-electron chi connectivity index (χ3n) is 2.15. The molecule has 0 spiro atoms. The second-order valence-corrected chi connectivity index (χ2v) is 3.14. The Balaban J connectivity index is 2.08. The lowest BCUT2D eigenvalue weighted by Crippen LogP contribution is -2.27. The van der Waals surface area contributed by atoms with E-state index in [2.05, 4.69) is 20.7 Å². The molecule has 1 N–H and O–H groups in total. The molecule has 1 atom stereocenters. The minimum atomic E-state index is 0.326. The summed E-state index contributed by atoms with van der Waals surface area (Å²) in [7, 11) is 1.79. The van der Waals surface area contributed by atoms with Gasteiger partial charge in [0.2, 0.25) is 0 Å². The smallest absolute Gasteiger partial charge is 0.191 e. The zero-order valence-corrected chi connectivity index (χ0v) is 7.19. The average molecular weight is 167 g/mol. The van der Waals surface area contributed by atoms with E-state index >= 15 is 0 Å². The van der Waals surface area contributed by atoms with Crippen LogP contribution in [0.2, 0.25) is 0 Å². The maximum Gasteiger partial charge on any atom is 0.191 e. The van der Waals surface area contributed by atoms with Gasteiger partial charge >= 0.3 is 0 Å². The quantitative estimate of drug-likeness (QED) is 0.641. The summed E-state index contributed by atoms with van der Waals surface area (Å²) in [5.41, 5.74) is 0. The first-order valence-corrected chi connectivity index (χ1v) is 4.33. The van der Waals surface area contributed by atoms with Crippen molar-refractivity contribution < 1.29 is 0 Å². The van der Waals surface area contributed by atoms with E-state index in [0.717, 1.165) is 18.8 Å². The zero-order chi connectivity index (χ0) is 8.39. The van der Waals surface area contributed by atoms with Crippen LogP contribution in [0.15, 0.2) is 0 Å². The van der Waals surface area contributed by atoms with Crippen molar-refractivity contribution in [1.29, 1.82) is 0 Å². The van der Waals surface area contributed by atoms with Crippen molar-refractivity contribution in [3.8, 4) is 0 Å². The topological polar surface area (TPSA) is 55.6 Å². The van der Waals surface area contributed by atoms with Gasteiger partial charge in [0.15, 0.2) is 5.82 Å². The molecule has 1 aromatic rings. The summed E-state index contributed by atoms with van der Waals surface area (Å²) in [5.74, 6) is 0.831. The number of rotatable bonds is 1. The fourth-order valence-electron chi connectivity index (χ4n) is 1.51. The number of piperidine rings is 1. The van der Waals surface area contributed by atoms with Crippen LogP contribution < -0.4 is 5.32 Å². The van der Waals surface area contributed by atoms with Gasteiger partial charge in [-0.25, -0.2) is 0 Å². The zero-order valence-electron chi connectivity index (χ0n) is 7.19. The van der Waals surface area contributed by atoms with Crippen LogP contribution in [0.3, 0.4) is 0 Å². The van der Waals surface area contributed by atoms with Crippen molar-refractivity contribution in [3.05, 3.63) is 5.82 Å². The SMILES string of the molecule is Cn1nnc(C2CCCCN2)n1. The Morgan fingerprint density at radius 2 is 2.42 bits per heavy atom. The maximum atomic E-state index is 4.17. The molecule has 1 aliphatic rings. The van der Waals surface area contributed by atoms with E-state index in [-0.39, 0.29) is 0 Å². The van der Waals surface area contributed by atoms with E-state index in [9.17, 15) is 0 Å². The van der Waals surface area contributed by atoms with Crippen LogP contribution in [-0.4, -0.2) is 26.8 Å². The first kappa shape index (κ1) is 7.67. The first-order chi connectivity index (χ1) is 5.86. The van der Waals surface area contributed by atoms with Gasteiger partial charge in [-0.3, -0.25) is 0 Å². The van der Waals surface area contributed by atoms with Crippen LogP contribution in [0.25, 0.3) is 0 Å². The molecule has 0 bridgehead atoms. The first-order valence-electron chi connectivity index (χ1n) is 4.33. The number of aryl methyl sites for hydroxylation is 1. The van der Waals surface area contributed by atoms with E-state index in [0.29, 0.717) is 6.04 Å². The van der Waals surface area contributed by atoms with Crippen LogP contribution in [0.4, 0.5) is 0 Å². The highest BCUT2D eigenvalue weighted by Crippen LogP contribution is 2.18. The molecule has 0 amide bonds. The maximum absolute atomic E-state index is 4.17.